The van der Waals surface area contributed by atoms with Gasteiger partial charge in [-0.2, -0.15) is 0 Å². The molecule has 27 heavy (non-hydrogen) atoms. The minimum atomic E-state index is -0.212. The van der Waals surface area contributed by atoms with Crippen LogP contribution in [0.3, 0.4) is 0 Å². The molecule has 0 saturated carbocycles. The molecule has 1 saturated heterocycles. The molecule has 0 aliphatic carbocycles. The molecule has 144 valence electrons. The fourth-order valence-corrected chi connectivity index (χ4v) is 5.34. The number of likely N-dealkylation sites (tertiary alicyclic amines) is 1. The number of rotatable bonds is 5. The number of benzene rings is 1. The third kappa shape index (κ3) is 4.02. The Labute approximate surface area is 165 Å². The summed E-state index contributed by atoms with van der Waals surface area (Å²) in [5.74, 6) is 0. The van der Waals surface area contributed by atoms with E-state index in [-0.39, 0.29) is 11.9 Å². The number of aliphatic imine (C=N–C) groups is 1. The summed E-state index contributed by atoms with van der Waals surface area (Å²) in [6.07, 6.45) is 4.71. The molecule has 2 aromatic rings. The van der Waals surface area contributed by atoms with Crippen molar-refractivity contribution in [2.45, 2.75) is 44.6 Å². The second-order valence-corrected chi connectivity index (χ2v) is 8.53. The second kappa shape index (κ2) is 8.23. The van der Waals surface area contributed by atoms with Gasteiger partial charge in [0.25, 0.3) is 0 Å². The van der Waals surface area contributed by atoms with E-state index in [1.807, 2.05) is 17.6 Å². The number of piperidine rings is 1. The Hall–Kier alpha value is -1.53. The van der Waals surface area contributed by atoms with Gasteiger partial charge in [0, 0.05) is 55.7 Å². The van der Waals surface area contributed by atoms with Gasteiger partial charge in [0.2, 0.25) is 0 Å². The third-order valence-corrected chi connectivity index (χ3v) is 6.70. The second-order valence-electron chi connectivity index (χ2n) is 7.36. The van der Waals surface area contributed by atoms with Crippen LogP contribution in [0.25, 0.3) is 0 Å². The zero-order valence-corrected chi connectivity index (χ0v) is 17.0. The largest absolute Gasteiger partial charge is 0.355 e. The predicted octanol–water partition coefficient (Wildman–Crippen LogP) is 4.22. The topological polar surface area (TPSA) is 34.1 Å². The summed E-state index contributed by atoms with van der Waals surface area (Å²) in [4.78, 5) is 9.59. The molecule has 4 nitrogen and oxygen atoms in total. The van der Waals surface area contributed by atoms with E-state index in [0.29, 0.717) is 0 Å². The van der Waals surface area contributed by atoms with Crippen molar-refractivity contribution in [1.29, 1.82) is 0 Å². The summed E-state index contributed by atoms with van der Waals surface area (Å²) in [6.45, 7) is 5.98. The fourth-order valence-electron chi connectivity index (χ4n) is 4.17. The first-order valence-corrected chi connectivity index (χ1v) is 10.6. The molecule has 1 unspecified atom stereocenters. The van der Waals surface area contributed by atoms with Crippen LogP contribution in [-0.2, 0) is 28.0 Å². The Morgan fingerprint density at radius 1 is 1.30 bits per heavy atom. The van der Waals surface area contributed by atoms with Crippen LogP contribution in [0.4, 0.5) is 0 Å². The van der Waals surface area contributed by atoms with Crippen LogP contribution in [0.5, 0.6) is 0 Å². The highest BCUT2D eigenvalue weighted by molar-refractivity contribution is 7.13. The quantitative estimate of drug-likeness (QED) is 0.724. The van der Waals surface area contributed by atoms with Crippen molar-refractivity contribution < 1.29 is 9.47 Å². The maximum absolute atomic E-state index is 6.52. The van der Waals surface area contributed by atoms with Crippen LogP contribution < -0.4 is 0 Å². The van der Waals surface area contributed by atoms with Crippen molar-refractivity contribution in [3.63, 3.8) is 0 Å². The third-order valence-electron chi connectivity index (χ3n) is 5.60. The molecule has 2 aliphatic rings. The van der Waals surface area contributed by atoms with Gasteiger partial charge in [-0.1, -0.05) is 30.3 Å². The average molecular weight is 385 g/mol. The molecule has 5 heteroatoms. The number of methoxy groups -OCH3 is 1. The summed E-state index contributed by atoms with van der Waals surface area (Å²) >= 11 is 1.84. The summed E-state index contributed by atoms with van der Waals surface area (Å²) in [7, 11) is 1.75. The molecule has 1 spiro atoms. The van der Waals surface area contributed by atoms with E-state index in [9.17, 15) is 0 Å². The predicted molar refractivity (Wildman–Crippen MR) is 111 cm³/mol. The lowest BCUT2D eigenvalue weighted by atomic mass is 9.82. The van der Waals surface area contributed by atoms with Gasteiger partial charge in [-0.3, -0.25) is 9.89 Å². The average Bonchev–Trinajstić information content (AvgIpc) is 3.13. The highest BCUT2D eigenvalue weighted by Gasteiger charge is 2.45. The monoisotopic (exact) mass is 384 g/mol. The number of hydrogen-bond donors (Lipinski definition) is 0. The van der Waals surface area contributed by atoms with Crippen LogP contribution in [-0.4, -0.2) is 44.1 Å². The lowest BCUT2D eigenvalue weighted by Crippen LogP contribution is -2.48. The summed E-state index contributed by atoms with van der Waals surface area (Å²) in [5.41, 5.74) is 2.54. The molecule has 0 bridgehead atoms. The normalized spacial score (nSPS) is 22.4. The van der Waals surface area contributed by atoms with Gasteiger partial charge in [-0.05, 0) is 37.0 Å². The maximum Gasteiger partial charge on any atom is 0.163 e. The van der Waals surface area contributed by atoms with E-state index in [1.54, 1.807) is 7.11 Å². The standard InChI is InChI=1S/C22H28N2O2S/c1-3-23-15-18-13-19-20(27-18)14-21(25-2)26-22(19)9-11-24(12-10-22)16-17-7-5-4-6-8-17/h4-8,13,15,21H,3,9-12,14,16H2,1-2H3/b23-15+. The smallest absolute Gasteiger partial charge is 0.163 e. The van der Waals surface area contributed by atoms with E-state index in [2.05, 4.69) is 53.2 Å². The van der Waals surface area contributed by atoms with Crippen molar-refractivity contribution in [1.82, 2.24) is 4.90 Å². The van der Waals surface area contributed by atoms with Crippen LogP contribution in [0.15, 0.2) is 41.4 Å². The van der Waals surface area contributed by atoms with E-state index in [1.165, 1.54) is 20.9 Å². The number of hydrogen-bond acceptors (Lipinski definition) is 5. The zero-order valence-electron chi connectivity index (χ0n) is 16.2. The van der Waals surface area contributed by atoms with Crippen molar-refractivity contribution in [2.24, 2.45) is 4.99 Å². The molecular formula is C22H28N2O2S. The zero-order chi connectivity index (χ0) is 18.7. The fraction of sp³-hybridized carbons (Fsp3) is 0.500. The summed E-state index contributed by atoms with van der Waals surface area (Å²) in [6, 6.07) is 13.0. The van der Waals surface area contributed by atoms with Crippen LogP contribution in [0.1, 0.15) is 40.6 Å². The van der Waals surface area contributed by atoms with Crippen LogP contribution in [0.2, 0.25) is 0 Å². The molecule has 1 aromatic heterocycles. The first-order valence-electron chi connectivity index (χ1n) is 9.82. The summed E-state index contributed by atoms with van der Waals surface area (Å²) in [5, 5.41) is 0. The minimum Gasteiger partial charge on any atom is -0.355 e. The summed E-state index contributed by atoms with van der Waals surface area (Å²) < 4.78 is 12.1. The van der Waals surface area contributed by atoms with Crippen molar-refractivity contribution >= 4 is 17.6 Å². The highest BCUT2D eigenvalue weighted by atomic mass is 32.1. The molecule has 4 rings (SSSR count). The molecule has 1 fully saturated rings. The van der Waals surface area contributed by atoms with Gasteiger partial charge in [-0.15, -0.1) is 11.3 Å². The molecule has 3 heterocycles. The van der Waals surface area contributed by atoms with E-state index < -0.39 is 0 Å². The van der Waals surface area contributed by atoms with Crippen molar-refractivity contribution in [3.05, 3.63) is 57.3 Å². The lowest BCUT2D eigenvalue weighted by molar-refractivity contribution is -0.226. The molecule has 0 radical (unpaired) electrons. The molecule has 2 aliphatic heterocycles. The van der Waals surface area contributed by atoms with Crippen LogP contribution in [0, 0.1) is 0 Å². The van der Waals surface area contributed by atoms with Gasteiger partial charge < -0.3 is 9.47 Å². The first kappa shape index (κ1) is 18.8. The van der Waals surface area contributed by atoms with Crippen molar-refractivity contribution in [2.75, 3.05) is 26.7 Å². The highest BCUT2D eigenvalue weighted by Crippen LogP contribution is 2.46. The van der Waals surface area contributed by atoms with Gasteiger partial charge in [-0.25, -0.2) is 0 Å². The number of ether oxygens (including phenoxy) is 2. The Balaban J connectivity index is 1.52. The van der Waals surface area contributed by atoms with E-state index >= 15 is 0 Å². The molecular weight excluding hydrogens is 356 g/mol. The molecule has 0 N–H and O–H groups in total. The van der Waals surface area contributed by atoms with Crippen molar-refractivity contribution in [3.8, 4) is 0 Å². The van der Waals surface area contributed by atoms with Gasteiger partial charge in [0.05, 0.1) is 5.60 Å². The molecule has 1 aromatic carbocycles. The molecule has 1 atom stereocenters. The van der Waals surface area contributed by atoms with E-state index in [4.69, 9.17) is 9.47 Å². The SMILES string of the molecule is CC/N=C/c1cc2c(s1)CC(OC)OC21CCN(Cc2ccccc2)CC1. The number of fused-ring (bicyclic) bond motifs is 2. The molecule has 0 amide bonds. The van der Waals surface area contributed by atoms with Gasteiger partial charge >= 0.3 is 0 Å². The van der Waals surface area contributed by atoms with Gasteiger partial charge in [0.1, 0.15) is 0 Å². The maximum atomic E-state index is 6.52. The lowest BCUT2D eigenvalue weighted by Gasteiger charge is -2.46. The number of thiophene rings is 1. The number of nitrogens with zero attached hydrogens (tertiary/aromatic N) is 2. The first-order chi connectivity index (χ1) is 13.2. The van der Waals surface area contributed by atoms with Crippen LogP contribution >= 0.6 is 11.3 Å². The Morgan fingerprint density at radius 2 is 2.07 bits per heavy atom. The Bertz CT molecular complexity index is 779. The van der Waals surface area contributed by atoms with Gasteiger partial charge in [0.15, 0.2) is 6.29 Å². The Kier molecular flexibility index (Phi) is 5.74. The van der Waals surface area contributed by atoms with E-state index in [0.717, 1.165) is 45.4 Å². The minimum absolute atomic E-state index is 0.146. The Morgan fingerprint density at radius 3 is 2.78 bits per heavy atom.